The van der Waals surface area contributed by atoms with Gasteiger partial charge in [-0.25, -0.2) is 22.0 Å². The Bertz CT molecular complexity index is 315. The average Bonchev–Trinajstić information content (AvgIpc) is 2.12. The topological polar surface area (TPSA) is 26.0 Å². The van der Waals surface area contributed by atoms with Crippen molar-refractivity contribution in [1.82, 2.24) is 0 Å². The van der Waals surface area contributed by atoms with Gasteiger partial charge in [-0.3, -0.25) is 0 Å². The van der Waals surface area contributed by atoms with Gasteiger partial charge < -0.3 is 5.73 Å². The van der Waals surface area contributed by atoms with E-state index in [4.69, 9.17) is 5.73 Å². The number of nitrogens with two attached hydrogens (primary N) is 1. The van der Waals surface area contributed by atoms with Crippen molar-refractivity contribution >= 4 is 0 Å². The number of benzene rings is 1. The maximum absolute atomic E-state index is 12.5. The van der Waals surface area contributed by atoms with Crippen LogP contribution in [0.25, 0.3) is 0 Å². The molecule has 1 atom stereocenters. The zero-order chi connectivity index (χ0) is 10.9. The minimum absolute atomic E-state index is 0.454. The highest BCUT2D eigenvalue weighted by atomic mass is 19.3. The predicted octanol–water partition coefficient (Wildman–Crippen LogP) is 2.37. The van der Waals surface area contributed by atoms with Crippen LogP contribution in [0.4, 0.5) is 22.0 Å². The minimum Gasteiger partial charge on any atom is -0.319 e. The number of halogens is 5. The van der Waals surface area contributed by atoms with Crippen molar-refractivity contribution in [2.24, 2.45) is 5.73 Å². The molecule has 78 valence electrons. The second-order valence-corrected chi connectivity index (χ2v) is 2.66. The van der Waals surface area contributed by atoms with E-state index in [0.717, 1.165) is 0 Å². The lowest BCUT2D eigenvalue weighted by Gasteiger charge is -2.10. The van der Waals surface area contributed by atoms with E-state index < -0.39 is 35.5 Å². The monoisotopic (exact) mass is 211 g/mol. The molecule has 14 heavy (non-hydrogen) atoms. The first kappa shape index (κ1) is 10.9. The molecule has 1 nitrogen and oxygen atoms in total. The van der Waals surface area contributed by atoms with Gasteiger partial charge in [-0.1, -0.05) is 0 Å². The van der Waals surface area contributed by atoms with Gasteiger partial charge in [0.05, 0.1) is 6.04 Å². The van der Waals surface area contributed by atoms with E-state index in [-0.39, 0.29) is 0 Å². The summed E-state index contributed by atoms with van der Waals surface area (Å²) in [5, 5.41) is 0. The van der Waals surface area contributed by atoms with Crippen LogP contribution in [-0.2, 0) is 0 Å². The molecule has 6 heteroatoms. The van der Waals surface area contributed by atoms with Crippen LogP contribution < -0.4 is 5.73 Å². The lowest BCUT2D eigenvalue weighted by Crippen LogP contribution is -2.19. The fourth-order valence-electron chi connectivity index (χ4n) is 0.913. The predicted molar refractivity (Wildman–Crippen MR) is 39.2 cm³/mol. The molecule has 0 aromatic heterocycles. The molecule has 1 rings (SSSR count). The van der Waals surface area contributed by atoms with E-state index in [2.05, 4.69) is 0 Å². The van der Waals surface area contributed by atoms with E-state index in [1.165, 1.54) is 0 Å². The Morgan fingerprint density at radius 3 is 1.79 bits per heavy atom. The van der Waals surface area contributed by atoms with Crippen molar-refractivity contribution in [3.63, 3.8) is 0 Å². The SMILES string of the molecule is N[C@H](c1cc(F)c(F)c(F)c1)C(F)F. The third-order valence-corrected chi connectivity index (χ3v) is 1.66. The second-order valence-electron chi connectivity index (χ2n) is 2.66. The molecule has 1 aromatic carbocycles. The minimum atomic E-state index is -2.96. The third kappa shape index (κ3) is 2.01. The van der Waals surface area contributed by atoms with Gasteiger partial charge in [0.15, 0.2) is 17.5 Å². The Morgan fingerprint density at radius 1 is 1.00 bits per heavy atom. The van der Waals surface area contributed by atoms with Crippen LogP contribution in [0, 0.1) is 17.5 Å². The summed E-state index contributed by atoms with van der Waals surface area (Å²) in [5.41, 5.74) is 4.44. The van der Waals surface area contributed by atoms with Crippen molar-refractivity contribution in [3.8, 4) is 0 Å². The summed E-state index contributed by atoms with van der Waals surface area (Å²) in [5.74, 6) is -4.76. The molecule has 0 aliphatic rings. The lowest BCUT2D eigenvalue weighted by molar-refractivity contribution is 0.116. The molecule has 0 aliphatic carbocycles. The number of rotatable bonds is 2. The Hall–Kier alpha value is -1.17. The maximum Gasteiger partial charge on any atom is 0.257 e. The highest BCUT2D eigenvalue weighted by Crippen LogP contribution is 2.21. The molecule has 2 N–H and O–H groups in total. The van der Waals surface area contributed by atoms with Gasteiger partial charge in [-0.15, -0.1) is 0 Å². The largest absolute Gasteiger partial charge is 0.319 e. The molecular formula is C8H6F5N. The molecule has 0 radical (unpaired) electrons. The normalized spacial score (nSPS) is 13.4. The van der Waals surface area contributed by atoms with E-state index >= 15 is 0 Å². The molecule has 0 spiro atoms. The van der Waals surface area contributed by atoms with Crippen molar-refractivity contribution in [2.45, 2.75) is 12.5 Å². The number of hydrogen-bond donors (Lipinski definition) is 1. The third-order valence-electron chi connectivity index (χ3n) is 1.66. The quantitative estimate of drug-likeness (QED) is 0.589. The molecule has 0 heterocycles. The van der Waals surface area contributed by atoms with Gasteiger partial charge in [-0.05, 0) is 17.7 Å². The zero-order valence-electron chi connectivity index (χ0n) is 6.78. The Balaban J connectivity index is 3.12. The molecular weight excluding hydrogens is 205 g/mol. The first-order valence-electron chi connectivity index (χ1n) is 3.61. The standard InChI is InChI=1S/C8H6F5N/c9-4-1-3(7(14)8(12)13)2-5(10)6(4)11/h1-2,7-8H,14H2/t7-/m1/s1. The Morgan fingerprint density at radius 2 is 1.43 bits per heavy atom. The van der Waals surface area contributed by atoms with Crippen LogP contribution in [0.3, 0.4) is 0 Å². The van der Waals surface area contributed by atoms with Crippen molar-refractivity contribution < 1.29 is 22.0 Å². The lowest BCUT2D eigenvalue weighted by atomic mass is 10.1. The highest BCUT2D eigenvalue weighted by molar-refractivity contribution is 5.22. The summed E-state index contributed by atoms with van der Waals surface area (Å²) in [6.45, 7) is 0. The van der Waals surface area contributed by atoms with E-state index in [0.29, 0.717) is 12.1 Å². The van der Waals surface area contributed by atoms with Crippen molar-refractivity contribution in [2.75, 3.05) is 0 Å². The molecule has 0 fully saturated rings. The zero-order valence-corrected chi connectivity index (χ0v) is 6.78. The van der Waals surface area contributed by atoms with Crippen LogP contribution in [0.5, 0.6) is 0 Å². The van der Waals surface area contributed by atoms with E-state index in [1.807, 2.05) is 0 Å². The summed E-state index contributed by atoms with van der Waals surface area (Å²) in [6.07, 6.45) is -2.96. The van der Waals surface area contributed by atoms with Gasteiger partial charge >= 0.3 is 0 Å². The molecule has 0 saturated carbocycles. The molecule has 0 saturated heterocycles. The first-order chi connectivity index (χ1) is 6.43. The summed E-state index contributed by atoms with van der Waals surface area (Å²) in [4.78, 5) is 0. The molecule has 1 aromatic rings. The fourth-order valence-corrected chi connectivity index (χ4v) is 0.913. The van der Waals surface area contributed by atoms with Gasteiger partial charge in [-0.2, -0.15) is 0 Å². The Labute approximate surface area is 76.3 Å². The van der Waals surface area contributed by atoms with E-state index in [1.54, 1.807) is 0 Å². The fraction of sp³-hybridized carbons (Fsp3) is 0.250. The maximum atomic E-state index is 12.5. The summed E-state index contributed by atoms with van der Waals surface area (Å²) in [6, 6.07) is -0.913. The number of hydrogen-bond acceptors (Lipinski definition) is 1. The molecule has 0 aliphatic heterocycles. The van der Waals surface area contributed by atoms with Crippen molar-refractivity contribution in [1.29, 1.82) is 0 Å². The van der Waals surface area contributed by atoms with Crippen LogP contribution in [-0.4, -0.2) is 6.43 Å². The van der Waals surface area contributed by atoms with Gasteiger partial charge in [0.2, 0.25) is 0 Å². The van der Waals surface area contributed by atoms with Crippen LogP contribution in [0.1, 0.15) is 11.6 Å². The van der Waals surface area contributed by atoms with Crippen molar-refractivity contribution in [3.05, 3.63) is 35.1 Å². The number of alkyl halides is 2. The smallest absolute Gasteiger partial charge is 0.257 e. The van der Waals surface area contributed by atoms with Crippen LogP contribution in [0.15, 0.2) is 12.1 Å². The molecule has 0 bridgehead atoms. The van der Waals surface area contributed by atoms with Crippen LogP contribution >= 0.6 is 0 Å². The van der Waals surface area contributed by atoms with Gasteiger partial charge in [0.1, 0.15) is 0 Å². The first-order valence-corrected chi connectivity index (χ1v) is 3.61. The summed E-state index contributed by atoms with van der Waals surface area (Å²) >= 11 is 0. The molecule has 0 unspecified atom stereocenters. The Kier molecular flexibility index (Phi) is 3.05. The average molecular weight is 211 g/mol. The second kappa shape index (κ2) is 3.91. The van der Waals surface area contributed by atoms with Gasteiger partial charge in [0, 0.05) is 0 Å². The van der Waals surface area contributed by atoms with E-state index in [9.17, 15) is 22.0 Å². The summed E-state index contributed by atoms with van der Waals surface area (Å²) < 4.78 is 61.5. The van der Waals surface area contributed by atoms with Crippen LogP contribution in [0.2, 0.25) is 0 Å². The van der Waals surface area contributed by atoms with Gasteiger partial charge in [0.25, 0.3) is 6.43 Å². The summed E-state index contributed by atoms with van der Waals surface area (Å²) in [7, 11) is 0. The molecule has 0 amide bonds. The highest BCUT2D eigenvalue weighted by Gasteiger charge is 2.21.